The molecular formula is C20H34O4. The molecule has 0 amide bonds. The van der Waals surface area contributed by atoms with Gasteiger partial charge in [-0.05, 0) is 47.6 Å². The molecule has 4 nitrogen and oxygen atoms in total. The number of benzene rings is 1. The summed E-state index contributed by atoms with van der Waals surface area (Å²) in [4.78, 5) is 9.31. The summed E-state index contributed by atoms with van der Waals surface area (Å²) in [5, 5.41) is 18.2. The first-order chi connectivity index (χ1) is 11.1. The van der Waals surface area contributed by atoms with Crippen molar-refractivity contribution in [3.63, 3.8) is 0 Å². The van der Waals surface area contributed by atoms with Gasteiger partial charge in [-0.25, -0.2) is 9.78 Å². The summed E-state index contributed by atoms with van der Waals surface area (Å²) in [5.41, 5.74) is 2.28. The molecule has 1 rings (SSSR count). The minimum absolute atomic E-state index is 0.0925. The molecule has 0 aliphatic rings. The summed E-state index contributed by atoms with van der Waals surface area (Å²) in [6.07, 6.45) is 2.88. The topological polar surface area (TPSA) is 58.9 Å². The van der Waals surface area contributed by atoms with E-state index in [1.165, 1.54) is 11.1 Å². The Balaban J connectivity index is 2.64. The first kappa shape index (κ1) is 21.1. The van der Waals surface area contributed by atoms with Gasteiger partial charge in [0.05, 0.1) is 12.2 Å². The molecule has 0 aliphatic heterocycles. The van der Waals surface area contributed by atoms with Crippen LogP contribution in [0.4, 0.5) is 0 Å². The quantitative estimate of drug-likeness (QED) is 0.495. The molecule has 0 spiro atoms. The van der Waals surface area contributed by atoms with Gasteiger partial charge in [-0.3, -0.25) is 10.5 Å². The van der Waals surface area contributed by atoms with E-state index in [0.717, 1.165) is 25.7 Å². The van der Waals surface area contributed by atoms with Crippen LogP contribution in [-0.4, -0.2) is 22.7 Å². The molecular weight excluding hydrogens is 304 g/mol. The maximum atomic E-state index is 9.11. The Morgan fingerprint density at radius 2 is 1.17 bits per heavy atom. The van der Waals surface area contributed by atoms with Gasteiger partial charge in [-0.2, -0.15) is 0 Å². The zero-order chi connectivity index (χ0) is 18.4. The van der Waals surface area contributed by atoms with Crippen molar-refractivity contribution in [2.75, 3.05) is 0 Å². The third-order valence-electron chi connectivity index (χ3n) is 4.57. The van der Waals surface area contributed by atoms with Crippen LogP contribution in [-0.2, 0) is 22.6 Å². The lowest BCUT2D eigenvalue weighted by atomic mass is 9.85. The molecule has 0 heterocycles. The highest BCUT2D eigenvalue weighted by Crippen LogP contribution is 2.27. The molecule has 138 valence electrons. The van der Waals surface area contributed by atoms with Gasteiger partial charge >= 0.3 is 0 Å². The number of hydrogen-bond acceptors (Lipinski definition) is 4. The highest BCUT2D eigenvalue weighted by atomic mass is 17.1. The molecule has 0 saturated carbocycles. The minimum atomic E-state index is -0.186. The molecule has 2 atom stereocenters. The maximum Gasteiger partial charge on any atom is 0.0978 e. The summed E-state index contributed by atoms with van der Waals surface area (Å²) < 4.78 is 0. The second kappa shape index (κ2) is 8.95. The third-order valence-corrected chi connectivity index (χ3v) is 4.57. The van der Waals surface area contributed by atoms with Gasteiger partial charge in [0, 0.05) is 0 Å². The van der Waals surface area contributed by atoms with E-state index in [9.17, 15) is 0 Å². The van der Waals surface area contributed by atoms with E-state index in [-0.39, 0.29) is 23.0 Å². The molecule has 0 saturated heterocycles. The second-order valence-corrected chi connectivity index (χ2v) is 8.82. The molecule has 4 heteroatoms. The fourth-order valence-electron chi connectivity index (χ4n) is 2.82. The van der Waals surface area contributed by atoms with E-state index in [2.05, 4.69) is 75.6 Å². The number of rotatable bonds is 8. The van der Waals surface area contributed by atoms with Gasteiger partial charge in [0.1, 0.15) is 0 Å². The number of hydrogen-bond donors (Lipinski definition) is 2. The third kappa shape index (κ3) is 6.89. The van der Waals surface area contributed by atoms with Crippen molar-refractivity contribution in [3.05, 3.63) is 35.4 Å². The summed E-state index contributed by atoms with van der Waals surface area (Å²) in [5.74, 6) is 0. The van der Waals surface area contributed by atoms with Crippen molar-refractivity contribution in [1.82, 2.24) is 0 Å². The minimum Gasteiger partial charge on any atom is -0.252 e. The Morgan fingerprint density at radius 1 is 0.792 bits per heavy atom. The molecule has 24 heavy (non-hydrogen) atoms. The van der Waals surface area contributed by atoms with Gasteiger partial charge < -0.3 is 0 Å². The van der Waals surface area contributed by atoms with E-state index < -0.39 is 0 Å². The van der Waals surface area contributed by atoms with Crippen LogP contribution in [0.5, 0.6) is 0 Å². The van der Waals surface area contributed by atoms with Gasteiger partial charge in [-0.1, -0.05) is 65.8 Å². The molecule has 2 N–H and O–H groups in total. The number of aryl methyl sites for hydroxylation is 2. The smallest absolute Gasteiger partial charge is 0.0978 e. The molecule has 1 aromatic rings. The zero-order valence-electron chi connectivity index (χ0n) is 16.0. The standard InChI is InChI=1S/C20H34O4/c1-19(2,3)17(23-21)12-10-15-8-7-9-16(14-15)11-13-18(24-22)20(4,5)6/h7-9,14,17-18,21-22H,10-13H2,1-6H3. The van der Waals surface area contributed by atoms with E-state index in [1.807, 2.05) is 0 Å². The highest BCUT2D eigenvalue weighted by molar-refractivity contribution is 5.24. The fraction of sp³-hybridized carbons (Fsp3) is 0.700. The Kier molecular flexibility index (Phi) is 7.87. The molecule has 0 radical (unpaired) electrons. The van der Waals surface area contributed by atoms with Crippen LogP contribution >= 0.6 is 0 Å². The van der Waals surface area contributed by atoms with Crippen molar-refractivity contribution >= 4 is 0 Å². The van der Waals surface area contributed by atoms with E-state index in [4.69, 9.17) is 10.5 Å². The summed E-state index contributed by atoms with van der Waals surface area (Å²) >= 11 is 0. The van der Waals surface area contributed by atoms with Gasteiger partial charge in [0.2, 0.25) is 0 Å². The van der Waals surface area contributed by atoms with Crippen LogP contribution in [0.3, 0.4) is 0 Å². The van der Waals surface area contributed by atoms with Crippen molar-refractivity contribution < 1.29 is 20.3 Å². The molecule has 2 unspecified atom stereocenters. The Bertz CT molecular complexity index is 444. The maximum absolute atomic E-state index is 9.11. The predicted octanol–water partition coefficient (Wildman–Crippen LogP) is 5.36. The summed E-state index contributed by atoms with van der Waals surface area (Å²) in [7, 11) is 0. The van der Waals surface area contributed by atoms with Crippen LogP contribution in [0, 0.1) is 10.8 Å². The lowest BCUT2D eigenvalue weighted by Gasteiger charge is -2.28. The van der Waals surface area contributed by atoms with Crippen LogP contribution in [0.25, 0.3) is 0 Å². The van der Waals surface area contributed by atoms with E-state index in [1.54, 1.807) is 0 Å². The van der Waals surface area contributed by atoms with Crippen molar-refractivity contribution in [3.8, 4) is 0 Å². The Labute approximate surface area is 146 Å². The van der Waals surface area contributed by atoms with Gasteiger partial charge in [0.25, 0.3) is 0 Å². The summed E-state index contributed by atoms with van der Waals surface area (Å²) in [6, 6.07) is 8.45. The van der Waals surface area contributed by atoms with Gasteiger partial charge in [-0.15, -0.1) is 0 Å². The summed E-state index contributed by atoms with van der Waals surface area (Å²) in [6.45, 7) is 12.4. The van der Waals surface area contributed by atoms with Crippen LogP contribution in [0.15, 0.2) is 24.3 Å². The van der Waals surface area contributed by atoms with Crippen molar-refractivity contribution in [2.24, 2.45) is 10.8 Å². The predicted molar refractivity (Wildman–Crippen MR) is 97.0 cm³/mol. The van der Waals surface area contributed by atoms with Crippen LogP contribution < -0.4 is 0 Å². The largest absolute Gasteiger partial charge is 0.252 e. The normalized spacial score (nSPS) is 15.3. The lowest BCUT2D eigenvalue weighted by Crippen LogP contribution is -2.29. The zero-order valence-corrected chi connectivity index (χ0v) is 16.0. The molecule has 0 fully saturated rings. The van der Waals surface area contributed by atoms with Gasteiger partial charge in [0.15, 0.2) is 0 Å². The first-order valence-corrected chi connectivity index (χ1v) is 8.76. The second-order valence-electron chi connectivity index (χ2n) is 8.82. The van der Waals surface area contributed by atoms with E-state index >= 15 is 0 Å². The fourth-order valence-corrected chi connectivity index (χ4v) is 2.82. The monoisotopic (exact) mass is 338 g/mol. The lowest BCUT2D eigenvalue weighted by molar-refractivity contribution is -0.300. The molecule has 0 bridgehead atoms. The molecule has 1 aromatic carbocycles. The van der Waals surface area contributed by atoms with Crippen molar-refractivity contribution in [1.29, 1.82) is 0 Å². The Hall–Kier alpha value is -0.940. The average molecular weight is 338 g/mol. The SMILES string of the molecule is CC(C)(C)C(CCc1cccc(CCC(OO)C(C)(C)C)c1)OO. The molecule has 0 aromatic heterocycles. The van der Waals surface area contributed by atoms with Crippen molar-refractivity contribution in [2.45, 2.75) is 79.4 Å². The first-order valence-electron chi connectivity index (χ1n) is 8.76. The average Bonchev–Trinajstić information content (AvgIpc) is 2.46. The molecule has 0 aliphatic carbocycles. The van der Waals surface area contributed by atoms with Crippen LogP contribution in [0.1, 0.15) is 65.5 Å². The highest BCUT2D eigenvalue weighted by Gasteiger charge is 2.26. The Morgan fingerprint density at radius 3 is 1.46 bits per heavy atom. The van der Waals surface area contributed by atoms with E-state index in [0.29, 0.717) is 0 Å². The van der Waals surface area contributed by atoms with Crippen LogP contribution in [0.2, 0.25) is 0 Å².